The van der Waals surface area contributed by atoms with E-state index in [1.54, 1.807) is 0 Å². The highest BCUT2D eigenvalue weighted by Gasteiger charge is 2.62. The first-order valence-corrected chi connectivity index (χ1v) is 3.00. The number of alkyl halides is 2. The quantitative estimate of drug-likeness (QED) is 0.456. The second kappa shape index (κ2) is 0.937. The van der Waals surface area contributed by atoms with Gasteiger partial charge in [-0.15, -0.1) is 0 Å². The molecule has 3 rings (SSSR count). The van der Waals surface area contributed by atoms with Crippen molar-refractivity contribution in [2.45, 2.75) is 37.0 Å². The maximum Gasteiger partial charge on any atom is 0.117 e. The molecule has 2 bridgehead atoms. The standard InChI is InChI=1S/C6H8F2/c7-5-1-2-6(8,3-5)4-5/h1-4H2. The topological polar surface area (TPSA) is 0 Å². The van der Waals surface area contributed by atoms with E-state index in [1.165, 1.54) is 0 Å². The average Bonchev–Trinajstić information content (AvgIpc) is 1.88. The molecule has 8 heavy (non-hydrogen) atoms. The molecule has 3 saturated carbocycles. The summed E-state index contributed by atoms with van der Waals surface area (Å²) in [5, 5.41) is 0. The van der Waals surface area contributed by atoms with Crippen molar-refractivity contribution in [2.24, 2.45) is 0 Å². The van der Waals surface area contributed by atoms with Gasteiger partial charge < -0.3 is 0 Å². The Hall–Kier alpha value is -0.140. The van der Waals surface area contributed by atoms with Gasteiger partial charge in [0.2, 0.25) is 0 Å². The van der Waals surface area contributed by atoms with E-state index in [-0.39, 0.29) is 12.8 Å². The maximum absolute atomic E-state index is 12.7. The van der Waals surface area contributed by atoms with Crippen LogP contribution in [0.4, 0.5) is 8.78 Å². The molecular weight excluding hydrogens is 110 g/mol. The monoisotopic (exact) mass is 118 g/mol. The first kappa shape index (κ1) is 4.71. The van der Waals surface area contributed by atoms with Crippen molar-refractivity contribution in [1.82, 2.24) is 0 Å². The molecule has 0 heterocycles. The third-order valence-electron chi connectivity index (χ3n) is 2.29. The first-order chi connectivity index (χ1) is 3.62. The lowest BCUT2D eigenvalue weighted by Crippen LogP contribution is -2.41. The van der Waals surface area contributed by atoms with E-state index in [0.29, 0.717) is 12.8 Å². The second-order valence-electron chi connectivity index (χ2n) is 3.16. The summed E-state index contributed by atoms with van der Waals surface area (Å²) in [6.07, 6.45) is 1.28. The predicted molar refractivity (Wildman–Crippen MR) is 26.1 cm³/mol. The number of hydrogen-bond acceptors (Lipinski definition) is 0. The van der Waals surface area contributed by atoms with Crippen LogP contribution in [-0.4, -0.2) is 11.3 Å². The van der Waals surface area contributed by atoms with Gasteiger partial charge >= 0.3 is 0 Å². The summed E-state index contributed by atoms with van der Waals surface area (Å²) in [6.45, 7) is 0. The third kappa shape index (κ3) is 0.389. The van der Waals surface area contributed by atoms with Crippen molar-refractivity contribution in [3.63, 3.8) is 0 Å². The summed E-state index contributed by atoms with van der Waals surface area (Å²) >= 11 is 0. The molecule has 46 valence electrons. The minimum atomic E-state index is -1.07. The molecule has 2 heteroatoms. The van der Waals surface area contributed by atoms with Gasteiger partial charge in [-0.25, -0.2) is 8.78 Å². The van der Waals surface area contributed by atoms with Crippen LogP contribution in [0, 0.1) is 0 Å². The molecule has 3 fully saturated rings. The Morgan fingerprint density at radius 1 is 0.875 bits per heavy atom. The zero-order valence-electron chi connectivity index (χ0n) is 4.58. The normalized spacial score (nSPS) is 60.8. The van der Waals surface area contributed by atoms with Crippen LogP contribution in [0.5, 0.6) is 0 Å². The van der Waals surface area contributed by atoms with Crippen LogP contribution < -0.4 is 0 Å². The number of hydrogen-bond donors (Lipinski definition) is 0. The Labute approximate surface area is 46.9 Å². The largest absolute Gasteiger partial charge is 0.244 e. The first-order valence-electron chi connectivity index (χ1n) is 3.00. The smallest absolute Gasteiger partial charge is 0.117 e. The summed E-state index contributed by atoms with van der Waals surface area (Å²) in [6, 6.07) is 0. The SMILES string of the molecule is FC12CCC(F)(C1)C2. The lowest BCUT2D eigenvalue weighted by atomic mass is 9.79. The summed E-state index contributed by atoms with van der Waals surface area (Å²) in [7, 11) is 0. The number of rotatable bonds is 0. The van der Waals surface area contributed by atoms with Crippen molar-refractivity contribution in [3.05, 3.63) is 0 Å². The van der Waals surface area contributed by atoms with Gasteiger partial charge in [-0.2, -0.15) is 0 Å². The molecule has 3 aliphatic carbocycles. The molecule has 0 unspecified atom stereocenters. The van der Waals surface area contributed by atoms with Gasteiger partial charge in [-0.3, -0.25) is 0 Å². The van der Waals surface area contributed by atoms with E-state index in [2.05, 4.69) is 0 Å². The minimum absolute atomic E-state index is 0.181. The summed E-state index contributed by atoms with van der Waals surface area (Å²) < 4.78 is 25.4. The van der Waals surface area contributed by atoms with Gasteiger partial charge in [0, 0.05) is 12.8 Å². The molecule has 0 saturated heterocycles. The second-order valence-corrected chi connectivity index (χ2v) is 3.16. The number of fused-ring (bicyclic) bond motifs is 1. The molecular formula is C6H8F2. The highest BCUT2D eigenvalue weighted by Crippen LogP contribution is 2.59. The van der Waals surface area contributed by atoms with Crippen LogP contribution in [0.15, 0.2) is 0 Å². The molecule has 0 radical (unpaired) electrons. The molecule has 0 aromatic heterocycles. The third-order valence-corrected chi connectivity index (χ3v) is 2.29. The molecule has 0 nitrogen and oxygen atoms in total. The van der Waals surface area contributed by atoms with Crippen molar-refractivity contribution in [1.29, 1.82) is 0 Å². The Morgan fingerprint density at radius 2 is 1.25 bits per heavy atom. The van der Waals surface area contributed by atoms with E-state index >= 15 is 0 Å². The molecule has 0 aromatic rings. The zero-order chi connectivity index (χ0) is 5.83. The molecule has 0 atom stereocenters. The summed E-state index contributed by atoms with van der Waals surface area (Å²) in [5.74, 6) is 0. The Bertz CT molecular complexity index is 110. The van der Waals surface area contributed by atoms with Crippen molar-refractivity contribution < 1.29 is 8.78 Å². The van der Waals surface area contributed by atoms with E-state index < -0.39 is 11.3 Å². The number of halogens is 2. The van der Waals surface area contributed by atoms with Crippen LogP contribution >= 0.6 is 0 Å². The average molecular weight is 118 g/mol. The highest BCUT2D eigenvalue weighted by molar-refractivity contribution is 5.13. The zero-order valence-corrected chi connectivity index (χ0v) is 4.58. The lowest BCUT2D eigenvalue weighted by molar-refractivity contribution is -0.0200. The Morgan fingerprint density at radius 3 is 1.38 bits per heavy atom. The van der Waals surface area contributed by atoms with Crippen LogP contribution in [0.25, 0.3) is 0 Å². The van der Waals surface area contributed by atoms with Crippen molar-refractivity contribution >= 4 is 0 Å². The molecule has 0 N–H and O–H groups in total. The van der Waals surface area contributed by atoms with Crippen molar-refractivity contribution in [3.8, 4) is 0 Å². The Kier molecular flexibility index (Phi) is 0.552. The van der Waals surface area contributed by atoms with Crippen LogP contribution in [-0.2, 0) is 0 Å². The fourth-order valence-corrected chi connectivity index (χ4v) is 1.89. The van der Waals surface area contributed by atoms with Gasteiger partial charge in [0.15, 0.2) is 0 Å². The van der Waals surface area contributed by atoms with Crippen LogP contribution in [0.2, 0.25) is 0 Å². The fraction of sp³-hybridized carbons (Fsp3) is 1.00. The van der Waals surface area contributed by atoms with E-state index in [0.717, 1.165) is 0 Å². The van der Waals surface area contributed by atoms with Gasteiger partial charge in [0.1, 0.15) is 11.3 Å². The lowest BCUT2D eigenvalue weighted by Gasteiger charge is -2.35. The van der Waals surface area contributed by atoms with E-state index in [1.807, 2.05) is 0 Å². The van der Waals surface area contributed by atoms with Gasteiger partial charge in [0.25, 0.3) is 0 Å². The van der Waals surface area contributed by atoms with Crippen molar-refractivity contribution in [2.75, 3.05) is 0 Å². The van der Waals surface area contributed by atoms with E-state index in [4.69, 9.17) is 0 Å². The van der Waals surface area contributed by atoms with E-state index in [9.17, 15) is 8.78 Å². The van der Waals surface area contributed by atoms with Gasteiger partial charge in [0.05, 0.1) is 0 Å². The molecule has 0 aromatic carbocycles. The van der Waals surface area contributed by atoms with Crippen LogP contribution in [0.3, 0.4) is 0 Å². The maximum atomic E-state index is 12.7. The predicted octanol–water partition coefficient (Wildman–Crippen LogP) is 1.99. The molecule has 0 amide bonds. The molecule has 0 spiro atoms. The van der Waals surface area contributed by atoms with Crippen LogP contribution in [0.1, 0.15) is 25.7 Å². The van der Waals surface area contributed by atoms with Gasteiger partial charge in [-0.05, 0) is 12.8 Å². The molecule has 3 aliphatic rings. The minimum Gasteiger partial charge on any atom is -0.244 e. The fourth-order valence-electron chi connectivity index (χ4n) is 1.89. The van der Waals surface area contributed by atoms with Gasteiger partial charge in [-0.1, -0.05) is 0 Å². The highest BCUT2D eigenvalue weighted by atomic mass is 19.2. The Balaban J connectivity index is 2.22. The molecule has 0 aliphatic heterocycles. The summed E-state index contributed by atoms with van der Waals surface area (Å²) in [5.41, 5.74) is -2.15. The summed E-state index contributed by atoms with van der Waals surface area (Å²) in [4.78, 5) is 0.